The molecule has 1 heterocycles. The molecule has 1 aliphatic rings. The molecule has 21 heavy (non-hydrogen) atoms. The van der Waals surface area contributed by atoms with E-state index in [1.165, 1.54) is 25.3 Å². The van der Waals surface area contributed by atoms with E-state index in [1.54, 1.807) is 19.1 Å². The van der Waals surface area contributed by atoms with Gasteiger partial charge in [-0.3, -0.25) is 0 Å². The van der Waals surface area contributed by atoms with Gasteiger partial charge in [-0.15, -0.1) is 12.4 Å². The fourth-order valence-electron chi connectivity index (χ4n) is 2.39. The summed E-state index contributed by atoms with van der Waals surface area (Å²) in [5.74, 6) is -0.265. The van der Waals surface area contributed by atoms with Crippen LogP contribution < -0.4 is 16.0 Å². The number of amides is 2. The van der Waals surface area contributed by atoms with Crippen molar-refractivity contribution in [3.63, 3.8) is 0 Å². The average Bonchev–Trinajstić information content (AvgIpc) is 2.69. The molecule has 1 atom stereocenters. The summed E-state index contributed by atoms with van der Waals surface area (Å²) in [6.45, 7) is 3.31. The molecule has 0 saturated carbocycles. The Morgan fingerprint density at radius 1 is 1.38 bits per heavy atom. The molecule has 1 saturated heterocycles. The maximum atomic E-state index is 13.1. The van der Waals surface area contributed by atoms with Gasteiger partial charge in [-0.1, -0.05) is 12.8 Å². The third kappa shape index (κ3) is 5.89. The zero-order valence-electron chi connectivity index (χ0n) is 12.2. The highest BCUT2D eigenvalue weighted by atomic mass is 35.5. The number of aryl methyl sites for hydroxylation is 1. The maximum absolute atomic E-state index is 13.1. The molecule has 1 aromatic carbocycles. The van der Waals surface area contributed by atoms with Crippen molar-refractivity contribution in [1.29, 1.82) is 0 Å². The molecule has 4 nitrogen and oxygen atoms in total. The first-order chi connectivity index (χ1) is 9.65. The second-order valence-corrected chi connectivity index (χ2v) is 5.30. The molecule has 0 aliphatic carbocycles. The number of nitrogens with one attached hydrogen (secondary N) is 3. The minimum absolute atomic E-state index is 0. The zero-order valence-corrected chi connectivity index (χ0v) is 13.1. The third-order valence-corrected chi connectivity index (χ3v) is 3.59. The summed E-state index contributed by atoms with van der Waals surface area (Å²) in [4.78, 5) is 11.8. The normalized spacial score (nSPS) is 18.3. The van der Waals surface area contributed by atoms with Gasteiger partial charge in [-0.2, -0.15) is 0 Å². The quantitative estimate of drug-likeness (QED) is 0.802. The average molecular weight is 316 g/mol. The lowest BCUT2D eigenvalue weighted by Crippen LogP contribution is -2.41. The van der Waals surface area contributed by atoms with Crippen molar-refractivity contribution >= 4 is 24.1 Å². The second-order valence-electron chi connectivity index (χ2n) is 5.30. The minimum Gasteiger partial charge on any atom is -0.336 e. The highest BCUT2D eigenvalue weighted by Gasteiger charge is 2.12. The first kappa shape index (κ1) is 17.7. The Bertz CT molecular complexity index is 462. The third-order valence-electron chi connectivity index (χ3n) is 3.59. The number of hydrogen-bond donors (Lipinski definition) is 3. The fourth-order valence-corrected chi connectivity index (χ4v) is 2.39. The Labute approximate surface area is 131 Å². The van der Waals surface area contributed by atoms with E-state index in [2.05, 4.69) is 16.0 Å². The summed E-state index contributed by atoms with van der Waals surface area (Å²) < 4.78 is 13.1. The van der Waals surface area contributed by atoms with E-state index in [4.69, 9.17) is 0 Å². The number of carbonyl (C=O) groups excluding carboxylic acids is 1. The van der Waals surface area contributed by atoms with Gasteiger partial charge in [-0.25, -0.2) is 9.18 Å². The van der Waals surface area contributed by atoms with E-state index < -0.39 is 0 Å². The van der Waals surface area contributed by atoms with Gasteiger partial charge in [0.15, 0.2) is 0 Å². The Kier molecular flexibility index (Phi) is 7.47. The largest absolute Gasteiger partial charge is 0.336 e. The van der Waals surface area contributed by atoms with Gasteiger partial charge >= 0.3 is 6.03 Å². The van der Waals surface area contributed by atoms with Crippen molar-refractivity contribution in [2.24, 2.45) is 0 Å². The standard InChI is InChI=1S/C15H22FN3O.ClH/c1-11-9-12(6-7-14(11)16)19-15(20)18-10-13-5-3-2-4-8-17-13;/h6-7,9,13,17H,2-5,8,10H2,1H3,(H2,18,19,20);1H. The van der Waals surface area contributed by atoms with Gasteiger partial charge < -0.3 is 16.0 Å². The number of hydrogen-bond acceptors (Lipinski definition) is 2. The summed E-state index contributed by atoms with van der Waals surface area (Å²) in [7, 11) is 0. The van der Waals surface area contributed by atoms with Gasteiger partial charge in [0.2, 0.25) is 0 Å². The molecule has 0 bridgehead atoms. The molecule has 0 aromatic heterocycles. The smallest absolute Gasteiger partial charge is 0.319 e. The summed E-state index contributed by atoms with van der Waals surface area (Å²) in [5.41, 5.74) is 1.13. The Balaban J connectivity index is 0.00000220. The van der Waals surface area contributed by atoms with Crippen LogP contribution in [0.5, 0.6) is 0 Å². The minimum atomic E-state index is -0.265. The fraction of sp³-hybridized carbons (Fsp3) is 0.533. The lowest BCUT2D eigenvalue weighted by Gasteiger charge is -2.16. The van der Waals surface area contributed by atoms with Crippen LogP contribution in [0.25, 0.3) is 0 Å². The summed E-state index contributed by atoms with van der Waals surface area (Å²) >= 11 is 0. The molecule has 0 spiro atoms. The van der Waals surface area contributed by atoms with E-state index in [1.807, 2.05) is 0 Å². The highest BCUT2D eigenvalue weighted by Crippen LogP contribution is 2.13. The number of halogens is 2. The van der Waals surface area contributed by atoms with E-state index >= 15 is 0 Å². The lowest BCUT2D eigenvalue weighted by molar-refractivity contribution is 0.250. The van der Waals surface area contributed by atoms with Crippen molar-refractivity contribution in [3.8, 4) is 0 Å². The van der Waals surface area contributed by atoms with E-state index in [0.717, 1.165) is 13.0 Å². The van der Waals surface area contributed by atoms with Crippen molar-refractivity contribution in [2.45, 2.75) is 38.6 Å². The van der Waals surface area contributed by atoms with Gasteiger partial charge in [0.05, 0.1) is 0 Å². The highest BCUT2D eigenvalue weighted by molar-refractivity contribution is 5.89. The molecule has 2 rings (SSSR count). The molecule has 118 valence electrons. The number of rotatable bonds is 3. The van der Waals surface area contributed by atoms with Crippen LogP contribution in [0.1, 0.15) is 31.2 Å². The predicted octanol–water partition coefficient (Wildman–Crippen LogP) is 3.21. The second kappa shape index (κ2) is 8.85. The van der Waals surface area contributed by atoms with Crippen LogP contribution in [0.4, 0.5) is 14.9 Å². The Morgan fingerprint density at radius 3 is 2.95 bits per heavy atom. The topological polar surface area (TPSA) is 53.2 Å². The summed E-state index contributed by atoms with van der Waals surface area (Å²) in [6.07, 6.45) is 4.76. The molecule has 1 fully saturated rings. The van der Waals surface area contributed by atoms with E-state index in [-0.39, 0.29) is 24.3 Å². The molecular formula is C15H23ClFN3O. The van der Waals surface area contributed by atoms with Crippen molar-refractivity contribution < 1.29 is 9.18 Å². The molecule has 3 N–H and O–H groups in total. The van der Waals surface area contributed by atoms with Gasteiger partial charge in [-0.05, 0) is 50.1 Å². The number of urea groups is 1. The first-order valence-electron chi connectivity index (χ1n) is 7.19. The van der Waals surface area contributed by atoms with Crippen molar-refractivity contribution in [1.82, 2.24) is 10.6 Å². The van der Waals surface area contributed by atoms with Crippen LogP contribution in [0.3, 0.4) is 0 Å². The molecule has 6 heteroatoms. The molecule has 1 aliphatic heterocycles. The van der Waals surface area contributed by atoms with Gasteiger partial charge in [0.1, 0.15) is 5.82 Å². The van der Waals surface area contributed by atoms with Crippen LogP contribution in [-0.2, 0) is 0 Å². The van der Waals surface area contributed by atoms with Crippen LogP contribution in [0, 0.1) is 12.7 Å². The number of benzene rings is 1. The van der Waals surface area contributed by atoms with E-state index in [0.29, 0.717) is 23.8 Å². The Hall–Kier alpha value is -1.33. The zero-order chi connectivity index (χ0) is 14.4. The Morgan fingerprint density at radius 2 is 2.19 bits per heavy atom. The summed E-state index contributed by atoms with van der Waals surface area (Å²) in [6, 6.07) is 4.64. The van der Waals surface area contributed by atoms with Crippen LogP contribution in [0.15, 0.2) is 18.2 Å². The van der Waals surface area contributed by atoms with Crippen LogP contribution in [0.2, 0.25) is 0 Å². The molecule has 2 amide bonds. The SMILES string of the molecule is Cc1cc(NC(=O)NCC2CCCCCN2)ccc1F.Cl. The molecule has 0 radical (unpaired) electrons. The van der Waals surface area contributed by atoms with Crippen LogP contribution >= 0.6 is 12.4 Å². The van der Waals surface area contributed by atoms with Crippen molar-refractivity contribution in [2.75, 3.05) is 18.4 Å². The number of anilines is 1. The summed E-state index contributed by atoms with van der Waals surface area (Å²) in [5, 5.41) is 9.00. The molecule has 1 unspecified atom stereocenters. The van der Waals surface area contributed by atoms with Crippen LogP contribution in [-0.4, -0.2) is 25.2 Å². The predicted molar refractivity (Wildman–Crippen MR) is 85.7 cm³/mol. The maximum Gasteiger partial charge on any atom is 0.319 e. The van der Waals surface area contributed by atoms with Crippen molar-refractivity contribution in [3.05, 3.63) is 29.6 Å². The monoisotopic (exact) mass is 315 g/mol. The molecular weight excluding hydrogens is 293 g/mol. The van der Waals surface area contributed by atoms with Gasteiger partial charge in [0, 0.05) is 18.3 Å². The molecule has 1 aromatic rings. The van der Waals surface area contributed by atoms with Gasteiger partial charge in [0.25, 0.3) is 0 Å². The number of carbonyl (C=O) groups is 1. The first-order valence-corrected chi connectivity index (χ1v) is 7.19. The lowest BCUT2D eigenvalue weighted by atomic mass is 10.1. The van der Waals surface area contributed by atoms with E-state index in [9.17, 15) is 9.18 Å².